The van der Waals surface area contributed by atoms with Gasteiger partial charge in [-0.2, -0.15) is 0 Å². The molecule has 1 aromatic rings. The molecule has 0 radical (unpaired) electrons. The number of nitrogens with two attached hydrogens (primary N) is 1. The monoisotopic (exact) mass is 300 g/mol. The number of sulfonamides is 1. The Bertz CT molecular complexity index is 652. The van der Waals surface area contributed by atoms with Gasteiger partial charge in [0.15, 0.2) is 5.75 Å². The summed E-state index contributed by atoms with van der Waals surface area (Å²) in [6.07, 6.45) is 0.549. The highest BCUT2D eigenvalue weighted by Crippen LogP contribution is 2.32. The van der Waals surface area contributed by atoms with Crippen molar-refractivity contribution >= 4 is 15.7 Å². The fourth-order valence-electron chi connectivity index (χ4n) is 1.55. The third-order valence-electron chi connectivity index (χ3n) is 2.55. The minimum absolute atomic E-state index is 0.0150. The molecule has 7 nitrogen and oxygen atoms in total. The number of rotatable bonds is 6. The van der Waals surface area contributed by atoms with Gasteiger partial charge in [0.1, 0.15) is 0 Å². The molecule has 1 aromatic carbocycles. The van der Waals surface area contributed by atoms with E-state index >= 15 is 0 Å². The Morgan fingerprint density at radius 3 is 2.55 bits per heavy atom. The minimum Gasteiger partial charge on any atom is -0.486 e. The van der Waals surface area contributed by atoms with Crippen LogP contribution in [0, 0.1) is 17.0 Å². The lowest BCUT2D eigenvalue weighted by atomic mass is 10.2. The van der Waals surface area contributed by atoms with E-state index in [1.165, 1.54) is 13.0 Å². The molecule has 0 atom stereocenters. The van der Waals surface area contributed by atoms with Crippen LogP contribution in [-0.4, -0.2) is 19.9 Å². The summed E-state index contributed by atoms with van der Waals surface area (Å²) in [5.41, 5.74) is 0.746. The fourth-order valence-corrected chi connectivity index (χ4v) is 2.33. The summed E-state index contributed by atoms with van der Waals surface area (Å²) in [6, 6.07) is 2.22. The van der Waals surface area contributed by atoms with Gasteiger partial charge in [-0.25, -0.2) is 13.6 Å². The zero-order valence-electron chi connectivity index (χ0n) is 11.3. The molecular weight excluding hydrogens is 284 g/mol. The normalized spacial score (nSPS) is 11.2. The lowest BCUT2D eigenvalue weighted by Gasteiger charge is -2.10. The van der Waals surface area contributed by atoms with Crippen LogP contribution in [0.5, 0.6) is 5.75 Å². The number of nitrogens with zero attached hydrogens (tertiary/aromatic N) is 1. The molecule has 0 heterocycles. The van der Waals surface area contributed by atoms with E-state index in [-0.39, 0.29) is 17.3 Å². The predicted octanol–water partition coefficient (Wildman–Crippen LogP) is 1.90. The molecule has 0 aromatic heterocycles. The van der Waals surface area contributed by atoms with Crippen LogP contribution in [0.25, 0.3) is 0 Å². The Morgan fingerprint density at radius 2 is 2.10 bits per heavy atom. The number of aryl methyl sites for hydroxylation is 1. The van der Waals surface area contributed by atoms with E-state index < -0.39 is 20.6 Å². The first-order chi connectivity index (χ1) is 9.12. The minimum atomic E-state index is -4.01. The lowest BCUT2D eigenvalue weighted by molar-refractivity contribution is -0.386. The molecule has 110 valence electrons. The molecule has 0 spiro atoms. The zero-order chi connectivity index (χ0) is 15.5. The van der Waals surface area contributed by atoms with Gasteiger partial charge in [-0.05, 0) is 25.5 Å². The van der Waals surface area contributed by atoms with Crippen molar-refractivity contribution in [2.45, 2.75) is 25.2 Å². The molecule has 0 unspecified atom stereocenters. The Kier molecular flexibility index (Phi) is 4.85. The number of hydrogen-bond acceptors (Lipinski definition) is 5. The number of benzene rings is 1. The van der Waals surface area contributed by atoms with Crippen LogP contribution in [0.2, 0.25) is 0 Å². The third-order valence-corrected chi connectivity index (χ3v) is 3.60. The van der Waals surface area contributed by atoms with E-state index in [2.05, 4.69) is 6.58 Å². The van der Waals surface area contributed by atoms with Gasteiger partial charge in [0.2, 0.25) is 10.0 Å². The maximum atomic E-state index is 11.3. The maximum Gasteiger partial charge on any atom is 0.312 e. The van der Waals surface area contributed by atoms with E-state index in [9.17, 15) is 18.5 Å². The number of nitro groups is 1. The van der Waals surface area contributed by atoms with Gasteiger partial charge in [0, 0.05) is 12.5 Å². The summed E-state index contributed by atoms with van der Waals surface area (Å²) in [6.45, 7) is 7.23. The molecule has 20 heavy (non-hydrogen) atoms. The molecule has 0 aliphatic heterocycles. The molecular formula is C12H16N2O5S. The molecule has 0 saturated heterocycles. The molecule has 0 bridgehead atoms. The molecule has 0 fully saturated rings. The summed E-state index contributed by atoms with van der Waals surface area (Å²) >= 11 is 0. The first kappa shape index (κ1) is 16.1. The van der Waals surface area contributed by atoms with Gasteiger partial charge in [-0.3, -0.25) is 10.1 Å². The molecule has 0 aliphatic carbocycles. The van der Waals surface area contributed by atoms with E-state index in [4.69, 9.17) is 9.88 Å². The number of ether oxygens (including phenoxy) is 1. The summed E-state index contributed by atoms with van der Waals surface area (Å²) < 4.78 is 28.0. The maximum absolute atomic E-state index is 11.3. The lowest BCUT2D eigenvalue weighted by Crippen LogP contribution is -2.14. The van der Waals surface area contributed by atoms with Crippen LogP contribution in [0.15, 0.2) is 29.2 Å². The topological polar surface area (TPSA) is 113 Å². The van der Waals surface area contributed by atoms with E-state index in [1.807, 2.05) is 6.92 Å². The Balaban J connectivity index is 3.22. The zero-order valence-corrected chi connectivity index (χ0v) is 12.1. The van der Waals surface area contributed by atoms with Crippen molar-refractivity contribution in [2.75, 3.05) is 6.61 Å². The van der Waals surface area contributed by atoms with Crippen molar-refractivity contribution in [1.82, 2.24) is 0 Å². The summed E-state index contributed by atoms with van der Waals surface area (Å²) in [7, 11) is -4.01. The van der Waals surface area contributed by atoms with Crippen LogP contribution in [-0.2, 0) is 10.0 Å². The van der Waals surface area contributed by atoms with Gasteiger partial charge >= 0.3 is 5.69 Å². The average Bonchev–Trinajstić information content (AvgIpc) is 2.26. The van der Waals surface area contributed by atoms with E-state index in [0.29, 0.717) is 12.0 Å². The van der Waals surface area contributed by atoms with Crippen molar-refractivity contribution in [3.63, 3.8) is 0 Å². The number of nitro benzene ring substituents is 1. The van der Waals surface area contributed by atoms with Crippen molar-refractivity contribution in [3.8, 4) is 5.75 Å². The highest BCUT2D eigenvalue weighted by Gasteiger charge is 2.22. The van der Waals surface area contributed by atoms with Crippen LogP contribution in [0.1, 0.15) is 18.9 Å². The standard InChI is InChI=1S/C12H16N2O5S/c1-8(2)4-5-19-11-6-9(3)12(20(13,17)18)7-10(11)14(15)16/h6-7H,1,4-5H2,2-3H3,(H2,13,17,18). The first-order valence-electron chi connectivity index (χ1n) is 5.72. The highest BCUT2D eigenvalue weighted by molar-refractivity contribution is 7.89. The van der Waals surface area contributed by atoms with Crippen molar-refractivity contribution in [2.24, 2.45) is 5.14 Å². The second kappa shape index (κ2) is 6.02. The Labute approximate surface area is 117 Å². The Morgan fingerprint density at radius 1 is 1.50 bits per heavy atom. The molecule has 0 aliphatic rings. The smallest absolute Gasteiger partial charge is 0.312 e. The molecule has 2 N–H and O–H groups in total. The SMILES string of the molecule is C=C(C)CCOc1cc(C)c(S(N)(=O)=O)cc1[N+](=O)[O-]. The van der Waals surface area contributed by atoms with Gasteiger partial charge < -0.3 is 4.74 Å². The van der Waals surface area contributed by atoms with E-state index in [0.717, 1.165) is 11.6 Å². The highest BCUT2D eigenvalue weighted by atomic mass is 32.2. The Hall–Kier alpha value is -1.93. The first-order valence-corrected chi connectivity index (χ1v) is 7.26. The third kappa shape index (κ3) is 4.04. The average molecular weight is 300 g/mol. The van der Waals surface area contributed by atoms with Crippen LogP contribution < -0.4 is 9.88 Å². The summed E-state index contributed by atoms with van der Waals surface area (Å²) in [5, 5.41) is 16.0. The second-order valence-electron chi connectivity index (χ2n) is 4.44. The van der Waals surface area contributed by atoms with Crippen LogP contribution >= 0.6 is 0 Å². The number of primary sulfonamides is 1. The second-order valence-corrected chi connectivity index (χ2v) is 5.97. The predicted molar refractivity (Wildman–Crippen MR) is 74.1 cm³/mol. The van der Waals surface area contributed by atoms with Gasteiger partial charge in [0.05, 0.1) is 16.4 Å². The van der Waals surface area contributed by atoms with Crippen molar-refractivity contribution in [1.29, 1.82) is 0 Å². The molecule has 1 rings (SSSR count). The molecule has 8 heteroatoms. The number of hydrogen-bond donors (Lipinski definition) is 1. The summed E-state index contributed by atoms with van der Waals surface area (Å²) in [4.78, 5) is 10.00. The molecule has 0 saturated carbocycles. The van der Waals surface area contributed by atoms with Crippen molar-refractivity contribution < 1.29 is 18.1 Å². The largest absolute Gasteiger partial charge is 0.486 e. The van der Waals surface area contributed by atoms with E-state index in [1.54, 1.807) is 0 Å². The van der Waals surface area contributed by atoms with Crippen LogP contribution in [0.4, 0.5) is 5.69 Å². The van der Waals surface area contributed by atoms with Crippen LogP contribution in [0.3, 0.4) is 0 Å². The van der Waals surface area contributed by atoms with Crippen molar-refractivity contribution in [3.05, 3.63) is 40.0 Å². The van der Waals surface area contributed by atoms with Gasteiger partial charge in [-0.15, -0.1) is 6.58 Å². The molecule has 0 amide bonds. The summed E-state index contributed by atoms with van der Waals surface area (Å²) in [5.74, 6) is 0.0150. The quantitative estimate of drug-likeness (QED) is 0.489. The fraction of sp³-hybridized carbons (Fsp3) is 0.333. The van der Waals surface area contributed by atoms with Gasteiger partial charge in [0.25, 0.3) is 0 Å². The van der Waals surface area contributed by atoms with Gasteiger partial charge in [-0.1, -0.05) is 5.57 Å².